The van der Waals surface area contributed by atoms with Crippen molar-refractivity contribution in [3.63, 3.8) is 0 Å². The first-order valence-electron chi connectivity index (χ1n) is 37.6. The van der Waals surface area contributed by atoms with Crippen molar-refractivity contribution in [1.82, 2.24) is 59.8 Å². The highest BCUT2D eigenvalue weighted by atomic mass is 35.5. The molecule has 0 spiro atoms. The number of halogens is 2. The van der Waals surface area contributed by atoms with E-state index in [9.17, 15) is 9.59 Å². The normalized spacial score (nSPS) is 14.3. The highest BCUT2D eigenvalue weighted by Gasteiger charge is 2.43. The van der Waals surface area contributed by atoms with Crippen LogP contribution in [-0.4, -0.2) is 85.6 Å². The number of carbonyl (C=O) groups excluding carboxylic acids is 2. The van der Waals surface area contributed by atoms with Gasteiger partial charge in [-0.3, -0.25) is 8.80 Å². The lowest BCUT2D eigenvalue weighted by Crippen LogP contribution is -2.52. The summed E-state index contributed by atoms with van der Waals surface area (Å²) in [5, 5.41) is 33.2. The molecule has 14 aromatic rings. The Morgan fingerprint density at radius 3 is 1.12 bits per heavy atom. The molecule has 3 saturated carbocycles. The molecule has 0 saturated heterocycles. The third-order valence-electron chi connectivity index (χ3n) is 20.8. The topological polar surface area (TPSA) is 277 Å². The summed E-state index contributed by atoms with van der Waals surface area (Å²) in [6.45, 7) is 16.9. The summed E-state index contributed by atoms with van der Waals surface area (Å²) in [6, 6.07) is 68.6. The predicted molar refractivity (Wildman–Crippen MR) is 456 cm³/mol. The van der Waals surface area contributed by atoms with Crippen molar-refractivity contribution in [3.8, 4) is 67.2 Å². The van der Waals surface area contributed by atoms with Crippen LogP contribution in [0, 0.1) is 0 Å². The molecular weight excluding hydrogens is 1440 g/mol. The first-order chi connectivity index (χ1) is 52.7. The maximum Gasteiger partial charge on any atom is 0.408 e. The number of hydrogen-bond acceptors (Lipinski definition) is 17. The van der Waals surface area contributed by atoms with Crippen molar-refractivity contribution >= 4 is 98.7 Å². The summed E-state index contributed by atoms with van der Waals surface area (Å²) < 4.78 is 15.0. The van der Waals surface area contributed by atoms with Crippen molar-refractivity contribution in [2.24, 2.45) is 11.6 Å². The summed E-state index contributed by atoms with van der Waals surface area (Å²) in [6.07, 6.45) is 13.9. The predicted octanol–water partition coefficient (Wildman–Crippen LogP) is 20.0. The van der Waals surface area contributed by atoms with Gasteiger partial charge >= 0.3 is 12.2 Å². The van der Waals surface area contributed by atoms with Gasteiger partial charge in [-0.25, -0.2) is 35.4 Å². The number of benzene rings is 6. The zero-order chi connectivity index (χ0) is 75.7. The van der Waals surface area contributed by atoms with Gasteiger partial charge in [-0.05, 0) is 183 Å². The number of pyridine rings is 6. The van der Waals surface area contributed by atoms with Gasteiger partial charge in [-0.2, -0.15) is 0 Å². The molecule has 576 valence electrons. The lowest BCUT2D eigenvalue weighted by atomic mass is 9.71. The number of amides is 2. The van der Waals surface area contributed by atoms with E-state index < -0.39 is 22.3 Å². The second-order valence-electron chi connectivity index (χ2n) is 30.5. The maximum absolute atomic E-state index is 12.6. The summed E-state index contributed by atoms with van der Waals surface area (Å²) in [4.78, 5) is 44.8. The number of ether oxygens (including phenoxy) is 2. The molecule has 0 radical (unpaired) electrons. The van der Waals surface area contributed by atoms with Crippen LogP contribution >= 0.6 is 24.8 Å². The fourth-order valence-corrected chi connectivity index (χ4v) is 14.9. The number of rotatable bonds is 16. The fraction of sp³-hybridized carbons (Fsp3) is 0.281. The standard InChI is InChI=1S/C32H34N6O2.C29H31N5O2.C27H26N6.CH4.2ClH/c1-5-33-29-37-36-28-25-20-24(21-10-7-6-8-11-21)27(34-26(25)16-19-38(28)29)22-12-14-23(15-13-22)32(17-9-18-32)35-30(39)40-31(2,3)4;1-28(2,3)36-27(35)33-29(15-7-16-29)21-12-10-20(11-13-21)25-22(19-8-5-4-6-9-19)18-23-24(32-25)14-17-31-26(23)34-30;1-2-29-26-32-31-25-22-17-21(18-7-4-3-5-8-18)24(30-23(22)13-16-33(25)26)19-9-11-20(12-10-19)27(28)14-6-15-27;;;/h6-8,10-16,19-20H,5,9,17-18H2,1-4H3,(H,33,37)(H,35,39);4-6,8-14,17-18H,7,15-16,30H2,1-3H3,(H,31,34)(H,33,35);3-5,7-13,16-17H,2,6,14-15,28H2,1H3,(H,29,32);1H4;2*1H. The van der Waals surface area contributed by atoms with Crippen molar-refractivity contribution < 1.29 is 19.1 Å². The Bertz CT molecular complexity index is 5650. The molecule has 112 heavy (non-hydrogen) atoms. The Morgan fingerprint density at radius 2 is 0.795 bits per heavy atom. The van der Waals surface area contributed by atoms with Crippen molar-refractivity contribution in [2.75, 3.05) is 29.1 Å². The summed E-state index contributed by atoms with van der Waals surface area (Å²) in [5.41, 5.74) is 26.8. The van der Waals surface area contributed by atoms with Crippen LogP contribution in [0.5, 0.6) is 0 Å². The summed E-state index contributed by atoms with van der Waals surface area (Å²) >= 11 is 0. The molecule has 0 unspecified atom stereocenters. The average Bonchev–Trinajstić information content (AvgIpc) is 0.843. The highest BCUT2D eigenvalue weighted by molar-refractivity contribution is 6.01. The number of nitrogens with one attached hydrogen (secondary N) is 5. The Balaban J connectivity index is 0.000000154. The third kappa shape index (κ3) is 16.4. The lowest BCUT2D eigenvalue weighted by molar-refractivity contribution is 0.0365. The van der Waals surface area contributed by atoms with Gasteiger partial charge in [0.1, 0.15) is 17.0 Å². The van der Waals surface area contributed by atoms with Gasteiger partial charge in [0, 0.05) is 86.8 Å². The summed E-state index contributed by atoms with van der Waals surface area (Å²) in [7, 11) is 0. The molecule has 6 aromatic carbocycles. The average molecular weight is 1540 g/mol. The first kappa shape index (κ1) is 79.9. The Labute approximate surface area is 665 Å². The number of alkyl carbamates (subject to hydrolysis) is 2. The third-order valence-corrected chi connectivity index (χ3v) is 20.8. The van der Waals surface area contributed by atoms with Crippen LogP contribution in [-0.2, 0) is 26.1 Å². The Morgan fingerprint density at radius 1 is 0.446 bits per heavy atom. The van der Waals surface area contributed by atoms with Crippen LogP contribution in [0.15, 0.2) is 219 Å². The molecule has 0 aliphatic heterocycles. The van der Waals surface area contributed by atoms with Gasteiger partial charge in [0.2, 0.25) is 11.9 Å². The minimum atomic E-state index is -0.541. The molecule has 8 heterocycles. The van der Waals surface area contributed by atoms with E-state index in [1.165, 1.54) is 12.0 Å². The molecule has 3 fully saturated rings. The molecule has 23 heteroatoms. The molecule has 17 rings (SSSR count). The maximum atomic E-state index is 12.6. The number of nitrogens with zero attached hydrogens (tertiary/aromatic N) is 10. The van der Waals surface area contributed by atoms with Gasteiger partial charge in [0.15, 0.2) is 11.3 Å². The van der Waals surface area contributed by atoms with Crippen molar-refractivity contribution in [3.05, 3.63) is 235 Å². The largest absolute Gasteiger partial charge is 0.444 e. The summed E-state index contributed by atoms with van der Waals surface area (Å²) in [5.74, 6) is 7.75. The van der Waals surface area contributed by atoms with E-state index in [2.05, 4.69) is 192 Å². The zero-order valence-electron chi connectivity index (χ0n) is 63.6. The van der Waals surface area contributed by atoms with Crippen molar-refractivity contribution in [1.29, 1.82) is 0 Å². The highest BCUT2D eigenvalue weighted by Crippen LogP contribution is 2.46. The molecule has 8 aromatic heterocycles. The van der Waals surface area contributed by atoms with E-state index in [1.807, 2.05) is 137 Å². The van der Waals surface area contributed by atoms with E-state index in [-0.39, 0.29) is 50.0 Å². The number of fused-ring (bicyclic) bond motifs is 7. The first-order valence-corrected chi connectivity index (χ1v) is 37.6. The Hall–Kier alpha value is -11.6. The van der Waals surface area contributed by atoms with E-state index in [4.69, 9.17) is 36.0 Å². The number of aromatic nitrogens is 10. The van der Waals surface area contributed by atoms with Crippen LogP contribution in [0.4, 0.5) is 27.3 Å². The zero-order valence-corrected chi connectivity index (χ0v) is 65.3. The molecular formula is C89H97Cl2N17O4. The molecule has 2 amide bonds. The molecule has 0 atom stereocenters. The number of nitrogen functional groups attached to an aromatic ring is 1. The minimum Gasteiger partial charge on any atom is -0.444 e. The molecule has 3 aliphatic rings. The van der Waals surface area contributed by atoms with Crippen LogP contribution in [0.2, 0.25) is 0 Å². The van der Waals surface area contributed by atoms with Gasteiger partial charge in [-0.1, -0.05) is 171 Å². The van der Waals surface area contributed by atoms with Gasteiger partial charge in [0.25, 0.3) is 0 Å². The van der Waals surface area contributed by atoms with Crippen LogP contribution in [0.25, 0.3) is 111 Å². The molecule has 21 nitrogen and oxygen atoms in total. The van der Waals surface area contributed by atoms with E-state index >= 15 is 0 Å². The van der Waals surface area contributed by atoms with E-state index in [0.717, 1.165) is 193 Å². The monoisotopic (exact) mass is 1540 g/mol. The SMILES string of the molecule is C.CC(C)(C)OC(=O)NC1(c2ccc(-c3nc4ccnc(NN)c4cc3-c3ccccc3)cc2)CCC1.CCNc1nnc2c3cc(-c4ccccc4)c(-c4ccc(C5(N)CCC5)cc4)nc3ccn12.CCNc1nnc2c3cc(-c4ccccc4)c(-c4ccc(C5(NC(=O)OC(C)(C)C)CCC5)cc4)nc3ccn12.Cl.Cl. The fourth-order valence-electron chi connectivity index (χ4n) is 14.9. The smallest absolute Gasteiger partial charge is 0.408 e. The van der Waals surface area contributed by atoms with E-state index in [1.54, 1.807) is 6.20 Å². The number of hydrogen-bond donors (Lipinski definition) is 7. The quantitative estimate of drug-likeness (QED) is 0.0350. The number of nitrogens with two attached hydrogens (primary N) is 2. The van der Waals surface area contributed by atoms with Crippen LogP contribution in [0.1, 0.15) is 137 Å². The van der Waals surface area contributed by atoms with E-state index in [0.29, 0.717) is 11.8 Å². The lowest BCUT2D eigenvalue weighted by Gasteiger charge is -2.43. The molecule has 0 bridgehead atoms. The van der Waals surface area contributed by atoms with Crippen LogP contribution in [0.3, 0.4) is 0 Å². The number of anilines is 3. The molecule has 3 aliphatic carbocycles. The minimum absolute atomic E-state index is 0. The van der Waals surface area contributed by atoms with Gasteiger partial charge in [-0.15, -0.1) is 45.2 Å². The van der Waals surface area contributed by atoms with Crippen molar-refractivity contribution in [2.45, 2.75) is 148 Å². The Kier molecular flexibility index (Phi) is 23.6. The van der Waals surface area contributed by atoms with Crippen LogP contribution < -0.4 is 38.3 Å². The second-order valence-corrected chi connectivity index (χ2v) is 30.5. The number of carbonyl (C=O) groups is 2. The van der Waals surface area contributed by atoms with Gasteiger partial charge < -0.3 is 41.9 Å². The number of hydrazine groups is 1. The second kappa shape index (κ2) is 33.1. The molecule has 9 N–H and O–H groups in total. The van der Waals surface area contributed by atoms with Gasteiger partial charge in [0.05, 0.1) is 44.7 Å².